The Bertz CT molecular complexity index is 1240. The highest BCUT2D eigenvalue weighted by Crippen LogP contribution is 2.36. The van der Waals surface area contributed by atoms with E-state index in [1.807, 2.05) is 13.8 Å². The number of rotatable bonds is 5. The van der Waals surface area contributed by atoms with E-state index in [9.17, 15) is 0 Å². The number of aryl methyl sites for hydroxylation is 1. The zero-order valence-electron chi connectivity index (χ0n) is 21.0. The molecule has 0 atom stereocenters. The Balaban J connectivity index is 0.00000133. The molecule has 4 aromatic carbocycles. The zero-order valence-corrected chi connectivity index (χ0v) is 21.0. The molecule has 1 saturated carbocycles. The average molecular weight is 451 g/mol. The summed E-state index contributed by atoms with van der Waals surface area (Å²) in [4.78, 5) is 0. The van der Waals surface area contributed by atoms with Gasteiger partial charge in [0.15, 0.2) is 0 Å². The number of hydrogen-bond acceptors (Lipinski definition) is 1. The topological polar surface area (TPSA) is 9.23 Å². The van der Waals surface area contributed by atoms with Crippen LogP contribution in [-0.4, -0.2) is 6.10 Å². The second kappa shape index (κ2) is 11.9. The Morgan fingerprint density at radius 2 is 1.44 bits per heavy atom. The zero-order chi connectivity index (χ0) is 23.8. The molecule has 1 aliphatic carbocycles. The van der Waals surface area contributed by atoms with Crippen LogP contribution >= 0.6 is 0 Å². The summed E-state index contributed by atoms with van der Waals surface area (Å²) in [6.45, 7) is 6.21. The SMILES string of the molecule is CC.Cc1cc2ccccc2c(OC2CCCCCC2)c1/C=C\Cc1ccc2ccccc2c1. The molecule has 0 unspecified atom stereocenters. The van der Waals surface area contributed by atoms with Crippen molar-refractivity contribution in [3.05, 3.63) is 95.6 Å². The van der Waals surface area contributed by atoms with Gasteiger partial charge in [0.25, 0.3) is 0 Å². The van der Waals surface area contributed by atoms with Crippen molar-refractivity contribution in [2.75, 3.05) is 0 Å². The van der Waals surface area contributed by atoms with E-state index in [2.05, 4.69) is 91.9 Å². The molecule has 0 radical (unpaired) electrons. The standard InChI is InChI=1S/C31H32O.C2H6/c1-23-21-27-14-8-9-17-30(27)31(32-28-15-4-2-3-5-16-28)29(23)18-10-11-24-19-20-25-12-6-7-13-26(25)22-24;1-2/h6-10,12-14,17-22,28H,2-5,11,15-16H2,1H3;1-2H3/b18-10-;. The summed E-state index contributed by atoms with van der Waals surface area (Å²) in [7, 11) is 0. The number of benzene rings is 4. The minimum Gasteiger partial charge on any atom is -0.489 e. The predicted molar refractivity (Wildman–Crippen MR) is 149 cm³/mol. The van der Waals surface area contributed by atoms with Crippen molar-refractivity contribution in [3.8, 4) is 5.75 Å². The molecule has 1 fully saturated rings. The van der Waals surface area contributed by atoms with Gasteiger partial charge in [0.1, 0.15) is 5.75 Å². The van der Waals surface area contributed by atoms with Crippen LogP contribution in [0.5, 0.6) is 5.75 Å². The van der Waals surface area contributed by atoms with Crippen LogP contribution in [0.2, 0.25) is 0 Å². The third-order valence-corrected chi connectivity index (χ3v) is 6.79. The number of ether oxygens (including phenoxy) is 1. The minimum absolute atomic E-state index is 0.329. The number of allylic oxidation sites excluding steroid dienone is 1. The van der Waals surface area contributed by atoms with Gasteiger partial charge in [0, 0.05) is 10.9 Å². The number of fused-ring (bicyclic) bond motifs is 2. The van der Waals surface area contributed by atoms with Gasteiger partial charge in [0.05, 0.1) is 6.10 Å². The maximum absolute atomic E-state index is 6.77. The Morgan fingerprint density at radius 3 is 2.21 bits per heavy atom. The smallest absolute Gasteiger partial charge is 0.135 e. The molecule has 4 aromatic rings. The van der Waals surface area contributed by atoms with E-state index in [0.29, 0.717) is 6.10 Å². The first-order chi connectivity index (χ1) is 16.8. The third-order valence-electron chi connectivity index (χ3n) is 6.79. The van der Waals surface area contributed by atoms with Gasteiger partial charge >= 0.3 is 0 Å². The van der Waals surface area contributed by atoms with E-state index < -0.39 is 0 Å². The van der Waals surface area contributed by atoms with Crippen LogP contribution in [0.15, 0.2) is 78.9 Å². The van der Waals surface area contributed by atoms with E-state index in [-0.39, 0.29) is 0 Å². The Labute approximate surface area is 205 Å². The fourth-order valence-electron chi connectivity index (χ4n) is 5.00. The molecule has 176 valence electrons. The summed E-state index contributed by atoms with van der Waals surface area (Å²) in [6.07, 6.45) is 13.4. The first kappa shape index (κ1) is 24.1. The summed E-state index contributed by atoms with van der Waals surface area (Å²) in [5.74, 6) is 1.07. The summed E-state index contributed by atoms with van der Waals surface area (Å²) >= 11 is 0. The van der Waals surface area contributed by atoms with Gasteiger partial charge in [-0.1, -0.05) is 112 Å². The molecule has 1 nitrogen and oxygen atoms in total. The van der Waals surface area contributed by atoms with Crippen LogP contribution in [0.25, 0.3) is 27.6 Å². The van der Waals surface area contributed by atoms with Crippen molar-refractivity contribution in [3.63, 3.8) is 0 Å². The van der Waals surface area contributed by atoms with Gasteiger partial charge < -0.3 is 4.74 Å². The molecule has 0 aromatic heterocycles. The molecule has 0 bridgehead atoms. The Kier molecular flexibility index (Phi) is 8.41. The first-order valence-corrected chi connectivity index (χ1v) is 13.1. The molecular weight excluding hydrogens is 412 g/mol. The Hall–Kier alpha value is -3.06. The fourth-order valence-corrected chi connectivity index (χ4v) is 5.00. The monoisotopic (exact) mass is 450 g/mol. The van der Waals surface area contributed by atoms with Gasteiger partial charge in [-0.15, -0.1) is 0 Å². The van der Waals surface area contributed by atoms with Crippen LogP contribution in [0.3, 0.4) is 0 Å². The molecule has 34 heavy (non-hydrogen) atoms. The van der Waals surface area contributed by atoms with Gasteiger partial charge in [-0.05, 0) is 66.3 Å². The van der Waals surface area contributed by atoms with Gasteiger partial charge in [-0.3, -0.25) is 0 Å². The van der Waals surface area contributed by atoms with Crippen molar-refractivity contribution in [2.45, 2.75) is 71.8 Å². The fraction of sp³-hybridized carbons (Fsp3) is 0.333. The molecule has 1 heteroatoms. The summed E-state index contributed by atoms with van der Waals surface area (Å²) in [6, 6.07) is 26.3. The van der Waals surface area contributed by atoms with Crippen LogP contribution in [-0.2, 0) is 6.42 Å². The molecule has 0 N–H and O–H groups in total. The molecule has 1 aliphatic rings. The molecule has 0 saturated heterocycles. The van der Waals surface area contributed by atoms with Crippen LogP contribution in [0, 0.1) is 6.92 Å². The summed E-state index contributed by atoms with van der Waals surface area (Å²) in [5.41, 5.74) is 3.85. The van der Waals surface area contributed by atoms with Crippen molar-refractivity contribution in [1.29, 1.82) is 0 Å². The lowest BCUT2D eigenvalue weighted by Gasteiger charge is -2.21. The lowest BCUT2D eigenvalue weighted by molar-refractivity contribution is 0.185. The largest absolute Gasteiger partial charge is 0.489 e. The third kappa shape index (κ3) is 5.70. The van der Waals surface area contributed by atoms with Gasteiger partial charge in [-0.2, -0.15) is 0 Å². The van der Waals surface area contributed by atoms with Crippen LogP contribution < -0.4 is 4.74 Å². The molecule has 0 aliphatic heterocycles. The van der Waals surface area contributed by atoms with Crippen molar-refractivity contribution < 1.29 is 4.74 Å². The van der Waals surface area contributed by atoms with Crippen molar-refractivity contribution in [1.82, 2.24) is 0 Å². The van der Waals surface area contributed by atoms with E-state index >= 15 is 0 Å². The second-order valence-electron chi connectivity index (χ2n) is 9.18. The highest BCUT2D eigenvalue weighted by atomic mass is 16.5. The van der Waals surface area contributed by atoms with E-state index in [4.69, 9.17) is 4.74 Å². The van der Waals surface area contributed by atoms with Crippen LogP contribution in [0.1, 0.15) is 69.1 Å². The van der Waals surface area contributed by atoms with Gasteiger partial charge in [0.2, 0.25) is 0 Å². The van der Waals surface area contributed by atoms with E-state index in [0.717, 1.165) is 12.2 Å². The minimum atomic E-state index is 0.329. The first-order valence-electron chi connectivity index (χ1n) is 13.1. The van der Waals surface area contributed by atoms with Gasteiger partial charge in [-0.25, -0.2) is 0 Å². The summed E-state index contributed by atoms with van der Waals surface area (Å²) < 4.78 is 6.77. The molecule has 0 amide bonds. The number of hydrogen-bond donors (Lipinski definition) is 0. The second-order valence-corrected chi connectivity index (χ2v) is 9.18. The maximum atomic E-state index is 6.77. The lowest BCUT2D eigenvalue weighted by atomic mass is 9.98. The normalized spacial score (nSPS) is 14.7. The quantitative estimate of drug-likeness (QED) is 0.275. The molecular formula is C33H38O. The van der Waals surface area contributed by atoms with E-state index in [1.165, 1.54) is 76.8 Å². The maximum Gasteiger partial charge on any atom is 0.135 e. The molecule has 5 rings (SSSR count). The molecule has 0 spiro atoms. The van der Waals surface area contributed by atoms with Crippen LogP contribution in [0.4, 0.5) is 0 Å². The average Bonchev–Trinajstić information content (AvgIpc) is 3.15. The predicted octanol–water partition coefficient (Wildman–Crippen LogP) is 9.69. The highest BCUT2D eigenvalue weighted by molar-refractivity contribution is 5.93. The van der Waals surface area contributed by atoms with Crippen molar-refractivity contribution >= 4 is 27.6 Å². The molecule has 0 heterocycles. The summed E-state index contributed by atoms with van der Waals surface area (Å²) in [5, 5.41) is 5.09. The Morgan fingerprint density at radius 1 is 0.765 bits per heavy atom. The van der Waals surface area contributed by atoms with Crippen molar-refractivity contribution in [2.24, 2.45) is 0 Å². The highest BCUT2D eigenvalue weighted by Gasteiger charge is 2.18. The van der Waals surface area contributed by atoms with E-state index in [1.54, 1.807) is 0 Å². The lowest BCUT2D eigenvalue weighted by Crippen LogP contribution is -2.16.